The van der Waals surface area contributed by atoms with Gasteiger partial charge >= 0.3 is 5.97 Å². The van der Waals surface area contributed by atoms with Crippen molar-refractivity contribution in [1.82, 2.24) is 0 Å². The molecule has 0 heterocycles. The van der Waals surface area contributed by atoms with Crippen molar-refractivity contribution in [1.29, 1.82) is 5.26 Å². The van der Waals surface area contributed by atoms with Gasteiger partial charge in [0, 0.05) is 11.8 Å². The fraction of sp³-hybridized carbons (Fsp3) is 0.317. The topological polar surface area (TPSA) is 50.1 Å². The first kappa shape index (κ1) is 31.0. The monoisotopic (exact) mass is 581 g/mol. The second kappa shape index (κ2) is 13.5. The average Bonchev–Trinajstić information content (AvgIpc) is 3.06. The van der Waals surface area contributed by atoms with Crippen molar-refractivity contribution in [2.24, 2.45) is 11.3 Å². The summed E-state index contributed by atoms with van der Waals surface area (Å²) in [7, 11) is 0. The van der Waals surface area contributed by atoms with E-state index < -0.39 is 16.9 Å². The number of rotatable bonds is 12. The predicted octanol–water partition coefficient (Wildman–Crippen LogP) is 10.7. The summed E-state index contributed by atoms with van der Waals surface area (Å²) >= 11 is 0. The van der Waals surface area contributed by atoms with Gasteiger partial charge in [-0.2, -0.15) is 5.26 Å². The van der Waals surface area contributed by atoms with E-state index in [1.54, 1.807) is 0 Å². The zero-order valence-corrected chi connectivity index (χ0v) is 26.4. The van der Waals surface area contributed by atoms with E-state index in [0.717, 1.165) is 29.2 Å². The maximum atomic E-state index is 14.4. The molecule has 44 heavy (non-hydrogen) atoms. The Morgan fingerprint density at radius 1 is 0.773 bits per heavy atom. The largest absolute Gasteiger partial charge is 0.457 e. The predicted molar refractivity (Wildman–Crippen MR) is 181 cm³/mol. The maximum Gasteiger partial charge on any atom is 0.312 e. The molecule has 5 aromatic rings. The summed E-state index contributed by atoms with van der Waals surface area (Å²) in [5, 5.41) is 14.3. The molecule has 0 aliphatic carbocycles. The first-order valence-corrected chi connectivity index (χ1v) is 15.9. The highest BCUT2D eigenvalue weighted by molar-refractivity contribution is 5.98. The first-order valence-electron chi connectivity index (χ1n) is 15.9. The van der Waals surface area contributed by atoms with Crippen LogP contribution in [0.4, 0.5) is 0 Å². The molecule has 3 unspecified atom stereocenters. The molecule has 0 fully saturated rings. The van der Waals surface area contributed by atoms with E-state index in [9.17, 15) is 10.1 Å². The minimum Gasteiger partial charge on any atom is -0.457 e. The number of nitrogens with zero attached hydrogens (tertiary/aromatic N) is 1. The van der Waals surface area contributed by atoms with E-state index in [4.69, 9.17) is 4.74 Å². The lowest BCUT2D eigenvalue weighted by Crippen LogP contribution is -2.41. The molecule has 0 radical (unpaired) electrons. The summed E-state index contributed by atoms with van der Waals surface area (Å²) in [5.74, 6) is 0.179. The zero-order chi connectivity index (χ0) is 31.2. The number of carbonyl (C=O) groups excluding carboxylic acids is 1. The Labute approximate surface area is 262 Å². The summed E-state index contributed by atoms with van der Waals surface area (Å²) in [6.07, 6.45) is 2.76. The lowest BCUT2D eigenvalue weighted by molar-refractivity contribution is -0.162. The summed E-state index contributed by atoms with van der Waals surface area (Å²) in [6.45, 7) is 8.47. The van der Waals surface area contributed by atoms with E-state index in [-0.39, 0.29) is 12.4 Å². The van der Waals surface area contributed by atoms with E-state index in [2.05, 4.69) is 123 Å². The molecule has 0 aliphatic heterocycles. The summed E-state index contributed by atoms with van der Waals surface area (Å²) < 4.78 is 6.34. The van der Waals surface area contributed by atoms with Crippen molar-refractivity contribution in [3.8, 4) is 6.07 Å². The molecule has 0 spiro atoms. The van der Waals surface area contributed by atoms with Crippen LogP contribution in [-0.4, -0.2) is 5.97 Å². The number of fused-ring (bicyclic) bond motifs is 2. The van der Waals surface area contributed by atoms with Gasteiger partial charge in [-0.15, -0.1) is 0 Å². The Morgan fingerprint density at radius 3 is 1.89 bits per heavy atom. The second-order valence-corrected chi connectivity index (χ2v) is 12.8. The van der Waals surface area contributed by atoms with Crippen LogP contribution >= 0.6 is 0 Å². The second-order valence-electron chi connectivity index (χ2n) is 12.8. The molecule has 0 N–H and O–H groups in total. The fourth-order valence-corrected chi connectivity index (χ4v) is 6.77. The highest BCUT2D eigenvalue weighted by atomic mass is 16.5. The lowest BCUT2D eigenvalue weighted by atomic mass is 9.60. The van der Waals surface area contributed by atoms with Crippen LogP contribution in [0, 0.1) is 22.7 Å². The molecule has 3 atom stereocenters. The van der Waals surface area contributed by atoms with Crippen molar-refractivity contribution in [2.45, 2.75) is 71.3 Å². The van der Waals surface area contributed by atoms with Crippen LogP contribution in [0.1, 0.15) is 82.6 Å². The number of carbonyl (C=O) groups is 1. The smallest absolute Gasteiger partial charge is 0.312 e. The van der Waals surface area contributed by atoms with E-state index in [0.29, 0.717) is 18.8 Å². The van der Waals surface area contributed by atoms with Crippen LogP contribution < -0.4 is 0 Å². The van der Waals surface area contributed by atoms with Crippen LogP contribution in [0.5, 0.6) is 0 Å². The van der Waals surface area contributed by atoms with Crippen LogP contribution in [0.3, 0.4) is 0 Å². The summed E-state index contributed by atoms with van der Waals surface area (Å²) in [6, 6.07) is 42.5. The number of hydrogen-bond donors (Lipinski definition) is 0. The van der Waals surface area contributed by atoms with Gasteiger partial charge in [0.2, 0.25) is 0 Å². The van der Waals surface area contributed by atoms with E-state index >= 15 is 0 Å². The molecule has 0 saturated carbocycles. The van der Waals surface area contributed by atoms with Gasteiger partial charge in [-0.05, 0) is 95.5 Å². The normalized spacial score (nSPS) is 14.4. The van der Waals surface area contributed by atoms with Gasteiger partial charge in [-0.25, -0.2) is 0 Å². The number of hydrogen-bond acceptors (Lipinski definition) is 3. The molecule has 0 amide bonds. The average molecular weight is 582 g/mol. The number of benzene rings is 5. The molecule has 3 heteroatoms. The molecule has 5 aromatic carbocycles. The quantitative estimate of drug-likeness (QED) is 0.109. The van der Waals surface area contributed by atoms with Gasteiger partial charge < -0.3 is 4.74 Å². The number of nitriles is 1. The molecule has 0 saturated heterocycles. The molecule has 224 valence electrons. The van der Waals surface area contributed by atoms with Crippen molar-refractivity contribution in [2.75, 3.05) is 0 Å². The fourth-order valence-electron chi connectivity index (χ4n) is 6.77. The zero-order valence-electron chi connectivity index (χ0n) is 26.4. The third-order valence-corrected chi connectivity index (χ3v) is 9.50. The van der Waals surface area contributed by atoms with Gasteiger partial charge in [-0.1, -0.05) is 117 Å². The van der Waals surface area contributed by atoms with Gasteiger partial charge in [0.25, 0.3) is 0 Å². The van der Waals surface area contributed by atoms with Gasteiger partial charge in [0.15, 0.2) is 0 Å². The van der Waals surface area contributed by atoms with Gasteiger partial charge in [-0.3, -0.25) is 4.79 Å². The highest BCUT2D eigenvalue weighted by Gasteiger charge is 2.46. The molecule has 0 aromatic heterocycles. The van der Waals surface area contributed by atoms with Crippen LogP contribution in [0.2, 0.25) is 0 Å². The summed E-state index contributed by atoms with van der Waals surface area (Å²) in [4.78, 5) is 14.4. The number of esters is 1. The van der Waals surface area contributed by atoms with Crippen LogP contribution in [0.25, 0.3) is 21.5 Å². The molecular weight excluding hydrogens is 538 g/mol. The van der Waals surface area contributed by atoms with E-state index in [1.807, 2.05) is 26.0 Å². The molecular formula is C41H43NO2. The van der Waals surface area contributed by atoms with Crippen molar-refractivity contribution in [3.05, 3.63) is 132 Å². The van der Waals surface area contributed by atoms with Crippen molar-refractivity contribution in [3.63, 3.8) is 0 Å². The third-order valence-electron chi connectivity index (χ3n) is 9.50. The third kappa shape index (κ3) is 6.56. The summed E-state index contributed by atoms with van der Waals surface area (Å²) in [5.41, 5.74) is 2.04. The standard InChI is InChI=1S/C41H43NO2/c1-5-30(2)28-41(37-17-8-6-9-18-37,38-19-10-7-11-20-38)29-40(4,23-14-24-42)39(43)44-31(3)32-21-22-35-26-33-15-12-13-16-34(33)27-36(35)25-32/h6-13,15-22,25-27,30-31H,5,14,23,28-29H2,1-4H3. The Balaban J connectivity index is 1.51. The van der Waals surface area contributed by atoms with Crippen LogP contribution in [-0.2, 0) is 14.9 Å². The number of ether oxygens (including phenoxy) is 1. The lowest BCUT2D eigenvalue weighted by Gasteiger charge is -2.43. The Bertz CT molecular complexity index is 1710. The minimum atomic E-state index is -0.879. The Kier molecular flexibility index (Phi) is 9.50. The molecule has 5 rings (SSSR count). The van der Waals surface area contributed by atoms with Gasteiger partial charge in [0.1, 0.15) is 6.10 Å². The minimum absolute atomic E-state index is 0.251. The van der Waals surface area contributed by atoms with Crippen molar-refractivity contribution < 1.29 is 9.53 Å². The van der Waals surface area contributed by atoms with Gasteiger partial charge in [0.05, 0.1) is 11.5 Å². The van der Waals surface area contributed by atoms with Crippen molar-refractivity contribution >= 4 is 27.5 Å². The Hall–Kier alpha value is -4.42. The SMILES string of the molecule is CCC(C)CC(CC(C)(CCC#N)C(=O)OC(C)c1ccc2cc3ccccc3cc2c1)(c1ccccc1)c1ccccc1. The van der Waals surface area contributed by atoms with E-state index in [1.165, 1.54) is 21.9 Å². The van der Waals surface area contributed by atoms with Crippen LogP contribution in [0.15, 0.2) is 115 Å². The first-order chi connectivity index (χ1) is 21.3. The molecule has 3 nitrogen and oxygen atoms in total. The Morgan fingerprint density at radius 2 is 1.32 bits per heavy atom. The molecule has 0 aliphatic rings. The maximum absolute atomic E-state index is 14.4. The molecule has 0 bridgehead atoms. The highest BCUT2D eigenvalue weighted by Crippen LogP contribution is 2.49.